The number of hydrogen-bond donors (Lipinski definition) is 1. The Labute approximate surface area is 27.9 Å². The average molecular weight is 87.1 g/mol. The van der Waals surface area contributed by atoms with Crippen molar-refractivity contribution in [2.75, 3.05) is 0 Å². The normalized spacial score (nSPS) is 3.00. The Morgan fingerprint density at radius 2 is 1.25 bits per heavy atom. The zero-order valence-electron chi connectivity index (χ0n) is 1.61. The van der Waals surface area contributed by atoms with Gasteiger partial charge in [-0.3, -0.25) is 0 Å². The van der Waals surface area contributed by atoms with Gasteiger partial charge < -0.3 is 9.84 Å². The minimum absolute atomic E-state index is 2.03. The summed E-state index contributed by atoms with van der Waals surface area (Å²) in [7, 11) is 0. The average Bonchev–Trinajstić information content (AvgIpc) is 1.50. The molecule has 0 atom stereocenters. The molecule has 0 N–H and O–H groups in total. The highest BCUT2D eigenvalue weighted by Gasteiger charge is 0.934. The molecule has 0 aliphatic carbocycles. The van der Waals surface area contributed by atoms with Crippen molar-refractivity contribution in [3.8, 4) is 0 Å². The van der Waals surface area contributed by atoms with Crippen LogP contribution in [0.15, 0.2) is 0 Å². The van der Waals surface area contributed by atoms with Gasteiger partial charge in [0.1, 0.15) is 0 Å². The van der Waals surface area contributed by atoms with Gasteiger partial charge >= 0.3 is 0 Å². The predicted octanol–water partition coefficient (Wildman–Crippen LogP) is 0.0319. The molecule has 0 bridgehead atoms. The van der Waals surface area contributed by atoms with E-state index in [1.54, 1.807) is 0 Å². The quantitative estimate of drug-likeness (QED) is 0.414. The molecule has 4 heteroatoms. The lowest BCUT2D eigenvalue weighted by Gasteiger charge is -1.52. The van der Waals surface area contributed by atoms with Crippen LogP contribution < -0.4 is 5.31 Å². The molecule has 1 nitrogen and oxygen atoms in total. The van der Waals surface area contributed by atoms with Crippen molar-refractivity contribution in [3.05, 3.63) is 0 Å². The largest absolute Gasteiger partial charge is 0.682 e. The molecule has 4 heavy (non-hydrogen) atoms. The first-order valence-corrected chi connectivity index (χ1v) is 0.661. The standard InChI is InChI=1S/FO.FHS/c2*1-2/h;2H/q-1;. The topological polar surface area (TPSA) is 23.1 Å². The molecule has 0 saturated heterocycles. The third kappa shape index (κ3) is 103. The van der Waals surface area contributed by atoms with E-state index in [9.17, 15) is 3.89 Å². The second-order valence-electron chi connectivity index (χ2n) is 0. The van der Waals surface area contributed by atoms with Crippen LogP contribution in [-0.2, 0) is 0 Å². The summed E-state index contributed by atoms with van der Waals surface area (Å²) in [4.78, 5) is 0. The first kappa shape index (κ1) is 8.90. The van der Waals surface area contributed by atoms with Crippen LogP contribution in [0, 0.1) is 0 Å². The SMILES string of the molecule is FS.[O-]F. The van der Waals surface area contributed by atoms with Gasteiger partial charge in [0.05, 0.1) is 0 Å². The van der Waals surface area contributed by atoms with E-state index in [2.05, 4.69) is 0 Å². The Hall–Kier alpha value is 0.170. The van der Waals surface area contributed by atoms with Crippen LogP contribution in [0.1, 0.15) is 0 Å². The first-order chi connectivity index (χ1) is 2.00. The highest BCUT2D eigenvalue weighted by Crippen LogP contribution is 1.54. The summed E-state index contributed by atoms with van der Waals surface area (Å²) in [6.45, 7) is 0. The van der Waals surface area contributed by atoms with E-state index in [1.165, 1.54) is 0 Å². The molecule has 0 aromatic heterocycles. The van der Waals surface area contributed by atoms with Gasteiger partial charge in [-0.05, 0) is 0 Å². The summed E-state index contributed by atoms with van der Waals surface area (Å²) in [6.07, 6.45) is 0. The monoisotopic (exact) mass is 87.0 g/mol. The Morgan fingerprint density at radius 3 is 1.25 bits per heavy atom. The molecule has 0 aromatic rings. The molecule has 0 aromatic carbocycles. The van der Waals surface area contributed by atoms with Crippen molar-refractivity contribution in [3.63, 3.8) is 0 Å². The number of halogens is 2. The highest BCUT2D eigenvalue weighted by molar-refractivity contribution is 7.74. The summed E-state index contributed by atoms with van der Waals surface area (Å²) in [5, 5.41) is 6.75. The molecule has 28 valence electrons. The van der Waals surface area contributed by atoms with Gasteiger partial charge in [0, 0.05) is 13.0 Å². The summed E-state index contributed by atoms with van der Waals surface area (Å²) < 4.78 is 17.4. The summed E-state index contributed by atoms with van der Waals surface area (Å²) in [6, 6.07) is 0. The molecule has 0 heterocycles. The Kier molecular flexibility index (Phi) is 1150. The van der Waals surface area contributed by atoms with Gasteiger partial charge in [-0.15, -0.1) is 0 Å². The fourth-order valence-corrected chi connectivity index (χ4v) is 0. The van der Waals surface area contributed by atoms with Crippen molar-refractivity contribution in [2.45, 2.75) is 0 Å². The number of thiol groups is 1. The lowest BCUT2D eigenvalue weighted by Crippen LogP contribution is -1.67. The molecule has 0 spiro atoms. The van der Waals surface area contributed by atoms with Crippen LogP contribution in [-0.4, -0.2) is 0 Å². The van der Waals surface area contributed by atoms with E-state index in [0.29, 0.717) is 0 Å². The van der Waals surface area contributed by atoms with Crippen molar-refractivity contribution >= 4 is 13.0 Å². The van der Waals surface area contributed by atoms with Gasteiger partial charge in [-0.1, -0.05) is 0 Å². The van der Waals surface area contributed by atoms with E-state index in [-0.39, 0.29) is 0 Å². The van der Waals surface area contributed by atoms with Crippen molar-refractivity contribution < 1.29 is 13.7 Å². The molecule has 0 fully saturated rings. The van der Waals surface area contributed by atoms with Crippen molar-refractivity contribution in [1.29, 1.82) is 0 Å². The van der Waals surface area contributed by atoms with Crippen molar-refractivity contribution in [2.24, 2.45) is 0 Å². The van der Waals surface area contributed by atoms with Gasteiger partial charge in [-0.2, -0.15) is 3.89 Å². The molecular formula is HF2OS-. The van der Waals surface area contributed by atoms with E-state index in [0.717, 1.165) is 0 Å². The van der Waals surface area contributed by atoms with E-state index in [4.69, 9.17) is 9.84 Å². The minimum Gasteiger partial charge on any atom is -0.682 e. The lowest BCUT2D eigenvalue weighted by atomic mass is 15.7. The zero-order valence-corrected chi connectivity index (χ0v) is 2.51. The molecule has 0 aliphatic heterocycles. The van der Waals surface area contributed by atoms with Crippen LogP contribution in [0.4, 0.5) is 8.41 Å². The first-order valence-electron chi connectivity index (χ1n) is 0.323. The van der Waals surface area contributed by atoms with Gasteiger partial charge in [0.15, 0.2) is 0 Å². The Morgan fingerprint density at radius 1 is 1.25 bits per heavy atom. The maximum Gasteiger partial charge on any atom is 0.0278 e. The van der Waals surface area contributed by atoms with E-state index in [1.807, 2.05) is 13.0 Å². The van der Waals surface area contributed by atoms with Gasteiger partial charge in [0.25, 0.3) is 0 Å². The fourth-order valence-electron chi connectivity index (χ4n) is 0. The van der Waals surface area contributed by atoms with Crippen LogP contribution in [0.5, 0.6) is 0 Å². The van der Waals surface area contributed by atoms with E-state index < -0.39 is 0 Å². The van der Waals surface area contributed by atoms with Crippen LogP contribution in [0.25, 0.3) is 0 Å². The van der Waals surface area contributed by atoms with Gasteiger partial charge in [0.2, 0.25) is 0 Å². The summed E-state index contributed by atoms with van der Waals surface area (Å²) >= 11 is 2.03. The number of rotatable bonds is 0. The third-order valence-electron chi connectivity index (χ3n) is 0. The zero-order chi connectivity index (χ0) is 4.00. The second kappa shape index (κ2) is 517. The molecular weight excluding hydrogens is 86.1 g/mol. The highest BCUT2D eigenvalue weighted by atomic mass is 32.1. The second-order valence-corrected chi connectivity index (χ2v) is 0. The summed E-state index contributed by atoms with van der Waals surface area (Å²) in [5.41, 5.74) is 0. The van der Waals surface area contributed by atoms with Gasteiger partial charge in [-0.25, -0.2) is 0 Å². The fraction of sp³-hybridized carbons (Fsp3) is 0. The van der Waals surface area contributed by atoms with Crippen LogP contribution >= 0.6 is 13.0 Å². The van der Waals surface area contributed by atoms with Crippen molar-refractivity contribution in [1.82, 2.24) is 0 Å². The molecule has 0 radical (unpaired) electrons. The molecule has 0 amide bonds. The Bertz CT molecular complexity index is 6.00. The smallest absolute Gasteiger partial charge is 0.0278 e. The molecule has 0 rings (SSSR count). The maximum atomic E-state index is 9.19. The van der Waals surface area contributed by atoms with Crippen LogP contribution in [0.3, 0.4) is 0 Å². The lowest BCUT2D eigenvalue weighted by molar-refractivity contribution is -0.589. The van der Waals surface area contributed by atoms with E-state index >= 15 is 0 Å². The molecule has 0 aliphatic rings. The number of hydrogen-bond acceptors (Lipinski definition) is 2. The third-order valence-corrected chi connectivity index (χ3v) is 0. The minimum atomic E-state index is 2.03. The Balaban J connectivity index is 0. The molecule has 0 saturated carbocycles. The predicted molar refractivity (Wildman–Crippen MR) is 11.2 cm³/mol. The maximum absolute atomic E-state index is 9.19. The summed E-state index contributed by atoms with van der Waals surface area (Å²) in [5.74, 6) is 0. The molecule has 0 unspecified atom stereocenters. The van der Waals surface area contributed by atoms with Crippen LogP contribution in [0.2, 0.25) is 0 Å².